The first-order valence-electron chi connectivity index (χ1n) is 10.3. The summed E-state index contributed by atoms with van der Waals surface area (Å²) in [5.41, 5.74) is 0. The van der Waals surface area contributed by atoms with Crippen LogP contribution in [0, 0.1) is 0 Å². The SMILES string of the molecule is C.C.CO[Si](C)(CCCS)O[Si](C)(C)O[Si](C)(C)O[Si](C)(C)O[Si](CCCS)(OC)OC. The van der Waals surface area contributed by atoms with Gasteiger partial charge >= 0.3 is 43.0 Å². The zero-order valence-electron chi connectivity index (χ0n) is 20.5. The van der Waals surface area contributed by atoms with Crippen molar-refractivity contribution in [1.29, 1.82) is 0 Å². The molecule has 0 radical (unpaired) electrons. The second-order valence-corrected chi connectivity index (χ2v) is 27.1. The standard InChI is InChI=1S/C16H44O7S2Si5.2CH4/c1-17-29(10,15-11-13-24)22-27(6,7)20-26(4,5)21-28(8,9)23-30(18-2,19-3)16-12-14-25;;/h24-25H,11-16H2,1-10H3;2*1H4. The topological polar surface area (TPSA) is 64.6 Å². The maximum Gasteiger partial charge on any atom is 0.491 e. The summed E-state index contributed by atoms with van der Waals surface area (Å²) in [5.74, 6) is 1.57. The average molecular weight is 585 g/mol. The van der Waals surface area contributed by atoms with Crippen molar-refractivity contribution in [3.63, 3.8) is 0 Å². The molecule has 1 unspecified atom stereocenters. The maximum absolute atomic E-state index is 6.55. The molecule has 198 valence electrons. The van der Waals surface area contributed by atoms with Crippen LogP contribution in [0.25, 0.3) is 0 Å². The van der Waals surface area contributed by atoms with Gasteiger partial charge in [-0.3, -0.25) is 0 Å². The number of rotatable bonds is 17. The van der Waals surface area contributed by atoms with Crippen LogP contribution in [-0.2, 0) is 29.7 Å². The highest BCUT2D eigenvalue weighted by Crippen LogP contribution is 2.29. The van der Waals surface area contributed by atoms with Crippen molar-refractivity contribution in [2.75, 3.05) is 32.8 Å². The van der Waals surface area contributed by atoms with E-state index in [0.717, 1.165) is 30.4 Å². The molecule has 0 aliphatic heterocycles. The van der Waals surface area contributed by atoms with E-state index in [9.17, 15) is 0 Å². The average Bonchev–Trinajstić information content (AvgIpc) is 2.61. The Morgan fingerprint density at radius 2 is 0.906 bits per heavy atom. The van der Waals surface area contributed by atoms with Crippen LogP contribution in [0.2, 0.25) is 57.9 Å². The summed E-state index contributed by atoms with van der Waals surface area (Å²) in [6.45, 7) is 14.3. The lowest BCUT2D eigenvalue weighted by Crippen LogP contribution is -2.60. The van der Waals surface area contributed by atoms with Crippen LogP contribution >= 0.6 is 25.3 Å². The molecule has 7 nitrogen and oxygen atoms in total. The largest absolute Gasteiger partial charge is 0.491 e. The molecule has 0 heterocycles. The zero-order chi connectivity index (χ0) is 23.7. The minimum absolute atomic E-state index is 0. The smallest absolute Gasteiger partial charge is 0.416 e. The molecule has 0 saturated carbocycles. The summed E-state index contributed by atoms with van der Waals surface area (Å²) in [7, 11) is -7.74. The fourth-order valence-electron chi connectivity index (χ4n) is 3.45. The van der Waals surface area contributed by atoms with Crippen molar-refractivity contribution < 1.29 is 29.7 Å². The summed E-state index contributed by atoms with van der Waals surface area (Å²) < 4.78 is 43.2. The minimum Gasteiger partial charge on any atom is -0.416 e. The predicted molar refractivity (Wildman–Crippen MR) is 155 cm³/mol. The molecular weight excluding hydrogens is 533 g/mol. The van der Waals surface area contributed by atoms with Crippen molar-refractivity contribution in [1.82, 2.24) is 0 Å². The van der Waals surface area contributed by atoms with E-state index in [4.69, 9.17) is 29.7 Å². The summed E-state index contributed by atoms with van der Waals surface area (Å²) in [6, 6.07) is 1.60. The molecule has 0 aromatic carbocycles. The van der Waals surface area contributed by atoms with E-state index in [0.29, 0.717) is 6.04 Å². The molecule has 0 N–H and O–H groups in total. The molecule has 0 amide bonds. The molecule has 0 aliphatic rings. The van der Waals surface area contributed by atoms with Crippen LogP contribution in [-0.4, -0.2) is 75.9 Å². The molecule has 0 aromatic rings. The van der Waals surface area contributed by atoms with Gasteiger partial charge in [0.25, 0.3) is 0 Å². The van der Waals surface area contributed by atoms with E-state index in [-0.39, 0.29) is 14.9 Å². The predicted octanol–water partition coefficient (Wildman–Crippen LogP) is 6.02. The van der Waals surface area contributed by atoms with Gasteiger partial charge in [-0.25, -0.2) is 0 Å². The highest BCUT2D eigenvalue weighted by atomic mass is 32.1. The van der Waals surface area contributed by atoms with Gasteiger partial charge in [-0.2, -0.15) is 25.3 Å². The number of hydrogen-bond acceptors (Lipinski definition) is 9. The number of hydrogen-bond donors (Lipinski definition) is 2. The highest BCUT2D eigenvalue weighted by molar-refractivity contribution is 7.80. The highest BCUT2D eigenvalue weighted by Gasteiger charge is 2.50. The zero-order valence-corrected chi connectivity index (χ0v) is 27.3. The van der Waals surface area contributed by atoms with Crippen molar-refractivity contribution in [3.05, 3.63) is 0 Å². The lowest BCUT2D eigenvalue weighted by molar-refractivity contribution is 0.142. The molecule has 14 heteroatoms. The van der Waals surface area contributed by atoms with Crippen LogP contribution in [0.4, 0.5) is 0 Å². The van der Waals surface area contributed by atoms with E-state index in [1.165, 1.54) is 0 Å². The third-order valence-corrected chi connectivity index (χ3v) is 24.1. The van der Waals surface area contributed by atoms with Crippen molar-refractivity contribution in [2.45, 2.75) is 85.6 Å². The van der Waals surface area contributed by atoms with Gasteiger partial charge in [0.2, 0.25) is 0 Å². The van der Waals surface area contributed by atoms with E-state index < -0.39 is 43.0 Å². The van der Waals surface area contributed by atoms with Crippen molar-refractivity contribution in [2.24, 2.45) is 0 Å². The van der Waals surface area contributed by atoms with E-state index >= 15 is 0 Å². The Bertz CT molecular complexity index is 500. The Hall–Kier alpha value is 1.50. The van der Waals surface area contributed by atoms with Gasteiger partial charge in [-0.15, -0.1) is 0 Å². The quantitative estimate of drug-likeness (QED) is 0.160. The first-order valence-corrected chi connectivity index (χ1v) is 24.5. The van der Waals surface area contributed by atoms with E-state index in [1.807, 2.05) is 26.2 Å². The Morgan fingerprint density at radius 3 is 1.28 bits per heavy atom. The van der Waals surface area contributed by atoms with E-state index in [2.05, 4.69) is 44.9 Å². The van der Waals surface area contributed by atoms with Crippen LogP contribution in [0.15, 0.2) is 0 Å². The van der Waals surface area contributed by atoms with Gasteiger partial charge in [0.1, 0.15) is 0 Å². The third kappa shape index (κ3) is 14.8. The van der Waals surface area contributed by atoms with E-state index in [1.54, 1.807) is 21.3 Å². The number of thiol groups is 2. The lowest BCUT2D eigenvalue weighted by atomic mass is 10.6. The van der Waals surface area contributed by atoms with Gasteiger partial charge in [0.05, 0.1) is 0 Å². The van der Waals surface area contributed by atoms with Gasteiger partial charge in [-0.05, 0) is 76.2 Å². The maximum atomic E-state index is 6.55. The fraction of sp³-hybridized carbons (Fsp3) is 1.00. The normalized spacial score (nSPS) is 15.0. The molecule has 0 rings (SSSR count). The molecule has 32 heavy (non-hydrogen) atoms. The van der Waals surface area contributed by atoms with Crippen molar-refractivity contribution in [3.8, 4) is 0 Å². The third-order valence-electron chi connectivity index (χ3n) is 4.33. The Morgan fingerprint density at radius 1 is 0.531 bits per heavy atom. The summed E-state index contributed by atoms with van der Waals surface area (Å²) in [4.78, 5) is 0. The van der Waals surface area contributed by atoms with Gasteiger partial charge in [0, 0.05) is 27.4 Å². The van der Waals surface area contributed by atoms with Crippen LogP contribution in [0.1, 0.15) is 27.7 Å². The minimum atomic E-state index is -2.80. The molecule has 1 atom stereocenters. The first-order chi connectivity index (χ1) is 13.6. The van der Waals surface area contributed by atoms with Gasteiger partial charge in [0.15, 0.2) is 0 Å². The van der Waals surface area contributed by atoms with Crippen LogP contribution < -0.4 is 0 Å². The molecule has 0 aliphatic carbocycles. The van der Waals surface area contributed by atoms with Gasteiger partial charge < -0.3 is 29.7 Å². The van der Waals surface area contributed by atoms with Crippen LogP contribution in [0.5, 0.6) is 0 Å². The fourth-order valence-corrected chi connectivity index (χ4v) is 26.6. The molecular formula is C18H52O7S2Si5. The van der Waals surface area contributed by atoms with Gasteiger partial charge in [-0.1, -0.05) is 14.9 Å². The molecule has 0 fully saturated rings. The summed E-state index contributed by atoms with van der Waals surface area (Å²) >= 11 is 8.62. The molecule has 0 saturated heterocycles. The van der Waals surface area contributed by atoms with Crippen LogP contribution in [0.3, 0.4) is 0 Å². The Labute approximate surface area is 215 Å². The Balaban J connectivity index is -0.00000420. The summed E-state index contributed by atoms with van der Waals surface area (Å²) in [5, 5.41) is 0. The molecule has 0 aromatic heterocycles. The lowest BCUT2D eigenvalue weighted by Gasteiger charge is -2.42. The second kappa shape index (κ2) is 16.3. The monoisotopic (exact) mass is 584 g/mol. The second-order valence-electron chi connectivity index (χ2n) is 8.69. The molecule has 0 bridgehead atoms. The first kappa shape index (κ1) is 38.0. The summed E-state index contributed by atoms with van der Waals surface area (Å²) in [6.07, 6.45) is 1.82. The Kier molecular flexibility index (Phi) is 19.4. The molecule has 0 spiro atoms. The van der Waals surface area contributed by atoms with Crippen molar-refractivity contribution >= 4 is 68.3 Å².